The van der Waals surface area contributed by atoms with Crippen LogP contribution in [0.3, 0.4) is 0 Å². The predicted molar refractivity (Wildman–Crippen MR) is 81.6 cm³/mol. The number of hydrogen-bond donors (Lipinski definition) is 3. The van der Waals surface area contributed by atoms with Crippen molar-refractivity contribution < 1.29 is 5.11 Å². The average Bonchev–Trinajstić information content (AvgIpc) is 2.47. The maximum atomic E-state index is 12.0. The van der Waals surface area contributed by atoms with Crippen LogP contribution in [0.25, 0.3) is 0 Å². The number of rotatable bonds is 5. The van der Waals surface area contributed by atoms with Crippen molar-refractivity contribution in [3.8, 4) is 0 Å². The number of nitrogens with one attached hydrogen (secondary N) is 2. The van der Waals surface area contributed by atoms with Crippen LogP contribution in [0.5, 0.6) is 0 Å². The lowest BCUT2D eigenvalue weighted by Crippen LogP contribution is -2.38. The Hall–Kier alpha value is -2.34. The molecule has 1 aromatic carbocycles. The minimum Gasteiger partial charge on any atom is -0.394 e. The highest BCUT2D eigenvalue weighted by Gasteiger charge is 2.12. The second-order valence-corrected chi connectivity index (χ2v) is 5.00. The molecule has 0 aliphatic heterocycles. The number of aliphatic hydroxyl groups excluding tert-OH is 1. The molecule has 0 aliphatic rings. The molecule has 0 unspecified atom stereocenters. The van der Waals surface area contributed by atoms with Crippen LogP contribution in [0.4, 0.5) is 5.82 Å². The zero-order valence-corrected chi connectivity index (χ0v) is 12.0. The van der Waals surface area contributed by atoms with Crippen LogP contribution in [0.15, 0.2) is 46.0 Å². The summed E-state index contributed by atoms with van der Waals surface area (Å²) >= 11 is 0. The fourth-order valence-corrected chi connectivity index (χ4v) is 2.14. The largest absolute Gasteiger partial charge is 0.394 e. The smallest absolute Gasteiger partial charge is 0.330 e. The van der Waals surface area contributed by atoms with Crippen LogP contribution >= 0.6 is 0 Å². The average molecular weight is 289 g/mol. The molecule has 1 aromatic heterocycles. The number of aliphatic hydroxyl groups is 1. The quantitative estimate of drug-likeness (QED) is 0.773. The second-order valence-electron chi connectivity index (χ2n) is 5.00. The molecular formula is C15H19N3O3. The van der Waals surface area contributed by atoms with Gasteiger partial charge < -0.3 is 10.4 Å². The van der Waals surface area contributed by atoms with Crippen molar-refractivity contribution in [1.82, 2.24) is 9.55 Å². The number of aromatic amines is 1. The van der Waals surface area contributed by atoms with Gasteiger partial charge >= 0.3 is 5.69 Å². The molecule has 0 saturated carbocycles. The Kier molecular flexibility index (Phi) is 4.59. The van der Waals surface area contributed by atoms with Crippen LogP contribution in [0, 0.1) is 0 Å². The molecule has 0 fully saturated rings. The first-order valence-corrected chi connectivity index (χ1v) is 6.81. The Morgan fingerprint density at radius 2 is 1.90 bits per heavy atom. The third-order valence-electron chi connectivity index (χ3n) is 3.34. The van der Waals surface area contributed by atoms with Crippen LogP contribution in [0.1, 0.15) is 31.5 Å². The van der Waals surface area contributed by atoms with Gasteiger partial charge in [0.05, 0.1) is 12.6 Å². The monoisotopic (exact) mass is 289 g/mol. The van der Waals surface area contributed by atoms with Gasteiger partial charge in [-0.05, 0) is 19.4 Å². The molecule has 6 nitrogen and oxygen atoms in total. The highest BCUT2D eigenvalue weighted by atomic mass is 16.3. The minimum atomic E-state index is -0.554. The molecule has 0 aliphatic carbocycles. The van der Waals surface area contributed by atoms with E-state index in [9.17, 15) is 9.59 Å². The van der Waals surface area contributed by atoms with Crippen molar-refractivity contribution in [2.45, 2.75) is 25.9 Å². The van der Waals surface area contributed by atoms with E-state index in [1.54, 1.807) is 6.92 Å². The van der Waals surface area contributed by atoms with Gasteiger partial charge in [-0.2, -0.15) is 0 Å². The molecule has 1 heterocycles. The van der Waals surface area contributed by atoms with Gasteiger partial charge in [-0.15, -0.1) is 0 Å². The lowest BCUT2D eigenvalue weighted by atomic mass is 10.1. The van der Waals surface area contributed by atoms with Gasteiger partial charge in [0.25, 0.3) is 5.56 Å². The molecule has 0 saturated heterocycles. The van der Waals surface area contributed by atoms with E-state index < -0.39 is 17.3 Å². The molecule has 2 atom stereocenters. The Bertz CT molecular complexity index is 675. The lowest BCUT2D eigenvalue weighted by Gasteiger charge is -2.16. The third-order valence-corrected chi connectivity index (χ3v) is 3.34. The second kappa shape index (κ2) is 6.41. The Morgan fingerprint density at radius 1 is 1.24 bits per heavy atom. The van der Waals surface area contributed by atoms with E-state index in [1.807, 2.05) is 37.3 Å². The summed E-state index contributed by atoms with van der Waals surface area (Å²) in [6.07, 6.45) is 0. The lowest BCUT2D eigenvalue weighted by molar-refractivity contribution is 0.232. The van der Waals surface area contributed by atoms with Gasteiger partial charge in [0.1, 0.15) is 5.82 Å². The van der Waals surface area contributed by atoms with Crippen molar-refractivity contribution in [2.24, 2.45) is 0 Å². The van der Waals surface area contributed by atoms with Gasteiger partial charge in [0, 0.05) is 12.1 Å². The molecule has 0 radical (unpaired) electrons. The Labute approximate surface area is 122 Å². The zero-order valence-electron chi connectivity index (χ0n) is 12.0. The summed E-state index contributed by atoms with van der Waals surface area (Å²) in [5, 5.41) is 12.2. The van der Waals surface area contributed by atoms with E-state index >= 15 is 0 Å². The third kappa shape index (κ3) is 3.41. The van der Waals surface area contributed by atoms with E-state index in [0.29, 0.717) is 5.82 Å². The summed E-state index contributed by atoms with van der Waals surface area (Å²) < 4.78 is 0.998. The van der Waals surface area contributed by atoms with Crippen molar-refractivity contribution >= 4 is 5.82 Å². The molecule has 2 rings (SSSR count). The summed E-state index contributed by atoms with van der Waals surface area (Å²) in [6, 6.07) is 10.4. The molecule has 21 heavy (non-hydrogen) atoms. The summed E-state index contributed by atoms with van der Waals surface area (Å²) in [7, 11) is 0. The number of anilines is 1. The number of nitrogens with zero attached hydrogens (tertiary/aromatic N) is 1. The van der Waals surface area contributed by atoms with Gasteiger partial charge in [0.15, 0.2) is 0 Å². The normalized spacial score (nSPS) is 13.7. The molecule has 0 spiro atoms. The topological polar surface area (TPSA) is 87.1 Å². The first kappa shape index (κ1) is 15.1. The van der Waals surface area contributed by atoms with Crippen LogP contribution in [-0.2, 0) is 0 Å². The number of H-pyrrole nitrogens is 1. The van der Waals surface area contributed by atoms with E-state index in [0.717, 1.165) is 10.1 Å². The highest BCUT2D eigenvalue weighted by Crippen LogP contribution is 2.15. The van der Waals surface area contributed by atoms with Crippen molar-refractivity contribution in [1.29, 1.82) is 0 Å². The van der Waals surface area contributed by atoms with Crippen LogP contribution in [0.2, 0.25) is 0 Å². The van der Waals surface area contributed by atoms with Crippen LogP contribution in [-0.4, -0.2) is 21.3 Å². The molecule has 112 valence electrons. The number of hydrogen-bond acceptors (Lipinski definition) is 4. The number of benzene rings is 1. The molecular weight excluding hydrogens is 270 g/mol. The van der Waals surface area contributed by atoms with Crippen molar-refractivity contribution in [3.63, 3.8) is 0 Å². The molecule has 6 heteroatoms. The molecule has 3 N–H and O–H groups in total. The minimum absolute atomic E-state index is 0.0487. The Balaban J connectivity index is 2.27. The summed E-state index contributed by atoms with van der Waals surface area (Å²) in [5.41, 5.74) is 0.0705. The van der Waals surface area contributed by atoms with Gasteiger partial charge in [-0.3, -0.25) is 14.3 Å². The van der Waals surface area contributed by atoms with E-state index in [-0.39, 0.29) is 12.6 Å². The molecule has 2 aromatic rings. The summed E-state index contributed by atoms with van der Waals surface area (Å²) in [5.74, 6) is 0.364. The standard InChI is InChI=1S/C15H19N3O3/c1-10(9-19)18-14(20)8-13(17-15(18)21)16-11(2)12-6-4-3-5-7-12/h3-8,10-11,16,19H,9H2,1-2H3,(H,17,21)/t10-,11+/m1/s1. The van der Waals surface area contributed by atoms with E-state index in [2.05, 4.69) is 10.3 Å². The Morgan fingerprint density at radius 3 is 2.48 bits per heavy atom. The van der Waals surface area contributed by atoms with Crippen molar-refractivity contribution in [3.05, 3.63) is 62.8 Å². The highest BCUT2D eigenvalue weighted by molar-refractivity contribution is 5.36. The molecule has 0 bridgehead atoms. The number of aromatic nitrogens is 2. The first-order chi connectivity index (χ1) is 10.0. The van der Waals surface area contributed by atoms with Gasteiger partial charge in [-0.1, -0.05) is 30.3 Å². The maximum Gasteiger partial charge on any atom is 0.330 e. The predicted octanol–water partition coefficient (Wildman–Crippen LogP) is 1.26. The van der Waals surface area contributed by atoms with E-state index in [4.69, 9.17) is 5.11 Å². The first-order valence-electron chi connectivity index (χ1n) is 6.81. The van der Waals surface area contributed by atoms with Crippen LogP contribution < -0.4 is 16.6 Å². The molecule has 0 amide bonds. The maximum absolute atomic E-state index is 12.0. The fraction of sp³-hybridized carbons (Fsp3) is 0.333. The van der Waals surface area contributed by atoms with Crippen molar-refractivity contribution in [2.75, 3.05) is 11.9 Å². The SMILES string of the molecule is C[C@H](Nc1cc(=O)n([C@H](C)CO)c(=O)[nH]1)c1ccccc1. The van der Waals surface area contributed by atoms with E-state index in [1.165, 1.54) is 6.07 Å². The fourth-order valence-electron chi connectivity index (χ4n) is 2.14. The van der Waals surface area contributed by atoms with Gasteiger partial charge in [-0.25, -0.2) is 4.79 Å². The summed E-state index contributed by atoms with van der Waals surface area (Å²) in [4.78, 5) is 26.5. The van der Waals surface area contributed by atoms with Gasteiger partial charge in [0.2, 0.25) is 0 Å². The summed E-state index contributed by atoms with van der Waals surface area (Å²) in [6.45, 7) is 3.28. The zero-order chi connectivity index (χ0) is 15.4.